The van der Waals surface area contributed by atoms with Crippen LogP contribution < -0.4 is 16.0 Å². The highest BCUT2D eigenvalue weighted by molar-refractivity contribution is 6.30. The summed E-state index contributed by atoms with van der Waals surface area (Å²) in [6.45, 7) is -1.40. The predicted molar refractivity (Wildman–Crippen MR) is 140 cm³/mol. The highest BCUT2D eigenvalue weighted by Crippen LogP contribution is 2.38. The third-order valence-corrected chi connectivity index (χ3v) is 6.76. The lowest BCUT2D eigenvalue weighted by atomic mass is 9.91. The molecule has 0 amide bonds. The van der Waals surface area contributed by atoms with Gasteiger partial charge in [0.05, 0.1) is 29.8 Å². The van der Waals surface area contributed by atoms with E-state index in [-0.39, 0.29) is 42.9 Å². The summed E-state index contributed by atoms with van der Waals surface area (Å²) in [7, 11) is 1.39. The fourth-order valence-corrected chi connectivity index (χ4v) is 4.62. The van der Waals surface area contributed by atoms with Crippen molar-refractivity contribution in [3.63, 3.8) is 0 Å². The van der Waals surface area contributed by atoms with Gasteiger partial charge in [-0.05, 0) is 48.7 Å². The van der Waals surface area contributed by atoms with Gasteiger partial charge in [-0.25, -0.2) is 4.79 Å². The predicted octanol–water partition coefficient (Wildman–Crippen LogP) is 4.77. The number of aliphatic hydroxyl groups is 1. The molecule has 0 saturated heterocycles. The molecule has 1 atom stereocenters. The SMILES string of the molecule is Cn1c2c(c(=O)n(CCO)c1=O)CC(Cc1ccc(Cl)cc1)C(OCCOc1cc(C(F)(F)F)cc(C(F)(F)F)c1)=N2. The third kappa shape index (κ3) is 6.98. The molecule has 0 saturated carbocycles. The molecule has 1 aromatic heterocycles. The van der Waals surface area contributed by atoms with Crippen molar-refractivity contribution in [1.82, 2.24) is 9.13 Å². The zero-order valence-corrected chi connectivity index (χ0v) is 22.7. The summed E-state index contributed by atoms with van der Waals surface area (Å²) in [4.78, 5) is 30.2. The van der Waals surface area contributed by atoms with E-state index in [1.807, 2.05) is 0 Å². The monoisotopic (exact) mass is 619 g/mol. The molecule has 1 aliphatic heterocycles. The van der Waals surface area contributed by atoms with Crippen molar-refractivity contribution in [3.05, 3.63) is 90.6 Å². The van der Waals surface area contributed by atoms with Crippen molar-refractivity contribution in [2.24, 2.45) is 18.0 Å². The Hall–Kier alpha value is -3.78. The molecule has 0 aliphatic carbocycles. The van der Waals surface area contributed by atoms with E-state index in [0.29, 0.717) is 23.6 Å². The summed E-state index contributed by atoms with van der Waals surface area (Å²) in [5.41, 5.74) is -3.32. The number of aliphatic imine (C=N–C) groups is 1. The Bertz CT molecular complexity index is 1560. The van der Waals surface area contributed by atoms with Gasteiger partial charge in [0, 0.05) is 18.0 Å². The first kappa shape index (κ1) is 31.2. The zero-order chi connectivity index (χ0) is 30.8. The van der Waals surface area contributed by atoms with Gasteiger partial charge in [0.2, 0.25) is 0 Å². The van der Waals surface area contributed by atoms with E-state index in [9.17, 15) is 41.0 Å². The quantitative estimate of drug-likeness (QED) is 0.290. The van der Waals surface area contributed by atoms with Gasteiger partial charge >= 0.3 is 18.0 Å². The lowest BCUT2D eigenvalue weighted by molar-refractivity contribution is -0.143. The lowest BCUT2D eigenvalue weighted by Crippen LogP contribution is -2.43. The Kier molecular flexibility index (Phi) is 9.06. The van der Waals surface area contributed by atoms with E-state index in [4.69, 9.17) is 21.1 Å². The van der Waals surface area contributed by atoms with Gasteiger partial charge in [-0.15, -0.1) is 0 Å². The number of benzene rings is 2. The Morgan fingerprint density at radius 1 is 0.976 bits per heavy atom. The van der Waals surface area contributed by atoms with Gasteiger partial charge < -0.3 is 14.6 Å². The van der Waals surface area contributed by atoms with Crippen molar-refractivity contribution in [2.75, 3.05) is 19.8 Å². The van der Waals surface area contributed by atoms with Gasteiger partial charge in [0.1, 0.15) is 24.8 Å². The average Bonchev–Trinajstić information content (AvgIpc) is 2.92. The van der Waals surface area contributed by atoms with Crippen molar-refractivity contribution in [3.8, 4) is 5.75 Å². The van der Waals surface area contributed by atoms with Crippen LogP contribution in [0.2, 0.25) is 5.02 Å². The molecule has 0 radical (unpaired) electrons. The molecular formula is C27H24ClF6N3O5. The van der Waals surface area contributed by atoms with E-state index in [1.165, 1.54) is 7.05 Å². The molecule has 2 heterocycles. The van der Waals surface area contributed by atoms with Crippen molar-refractivity contribution >= 4 is 23.3 Å². The molecule has 0 bridgehead atoms. The molecule has 2 aromatic carbocycles. The summed E-state index contributed by atoms with van der Waals surface area (Å²) >= 11 is 5.97. The van der Waals surface area contributed by atoms with E-state index in [1.54, 1.807) is 24.3 Å². The fraction of sp³-hybridized carbons (Fsp3) is 0.370. The molecule has 3 aromatic rings. The van der Waals surface area contributed by atoms with Crippen LogP contribution in [0.3, 0.4) is 0 Å². The highest BCUT2D eigenvalue weighted by atomic mass is 35.5. The van der Waals surface area contributed by atoms with E-state index in [2.05, 4.69) is 4.99 Å². The molecule has 1 unspecified atom stereocenters. The Morgan fingerprint density at radius 3 is 2.14 bits per heavy atom. The molecule has 0 spiro atoms. The van der Waals surface area contributed by atoms with E-state index >= 15 is 0 Å². The summed E-state index contributed by atoms with van der Waals surface area (Å²) in [5, 5.41) is 9.80. The minimum absolute atomic E-state index is 0.00225. The smallest absolute Gasteiger partial charge is 0.416 e. The standard InChI is InChI=1S/C27H24ClF6N3O5/c1-36-22-21(24(39)37(6-7-38)25(36)40)11-16(10-15-2-4-19(28)5-3-15)23(35-22)42-9-8-41-20-13-17(26(29,30)31)12-18(14-20)27(32,33)34/h2-5,12-14,16,38H,6-11H2,1H3. The number of aromatic nitrogens is 2. The second-order valence-electron chi connectivity index (χ2n) is 9.44. The number of ether oxygens (including phenoxy) is 2. The van der Waals surface area contributed by atoms with Gasteiger partial charge in [0.15, 0.2) is 5.90 Å². The van der Waals surface area contributed by atoms with Crippen LogP contribution in [0.5, 0.6) is 5.75 Å². The minimum Gasteiger partial charge on any atom is -0.490 e. The maximum Gasteiger partial charge on any atom is 0.416 e. The van der Waals surface area contributed by atoms with Crippen LogP contribution in [0, 0.1) is 5.92 Å². The van der Waals surface area contributed by atoms with Gasteiger partial charge in [-0.2, -0.15) is 31.3 Å². The number of hydrogen-bond donors (Lipinski definition) is 1. The number of halogens is 7. The zero-order valence-electron chi connectivity index (χ0n) is 21.9. The topological polar surface area (TPSA) is 95.0 Å². The average molecular weight is 620 g/mol. The first-order valence-corrected chi connectivity index (χ1v) is 12.9. The summed E-state index contributed by atoms with van der Waals surface area (Å²) < 4.78 is 91.9. The molecular weight excluding hydrogens is 596 g/mol. The molecule has 1 aliphatic rings. The number of alkyl halides is 6. The molecule has 0 fully saturated rings. The number of hydrogen-bond acceptors (Lipinski definition) is 6. The maximum atomic E-state index is 13.2. The second kappa shape index (κ2) is 12.2. The molecule has 1 N–H and O–H groups in total. The van der Waals surface area contributed by atoms with Gasteiger partial charge in [-0.1, -0.05) is 23.7 Å². The summed E-state index contributed by atoms with van der Waals surface area (Å²) in [6.07, 6.45) is -9.64. The second-order valence-corrected chi connectivity index (χ2v) is 9.88. The van der Waals surface area contributed by atoms with Crippen LogP contribution in [0.4, 0.5) is 32.2 Å². The number of rotatable bonds is 8. The molecule has 4 rings (SSSR count). The lowest BCUT2D eigenvalue weighted by Gasteiger charge is -2.26. The largest absolute Gasteiger partial charge is 0.490 e. The molecule has 42 heavy (non-hydrogen) atoms. The first-order chi connectivity index (χ1) is 19.7. The Labute approximate surface area is 239 Å². The number of nitrogens with zero attached hydrogens (tertiary/aromatic N) is 3. The van der Waals surface area contributed by atoms with Crippen LogP contribution in [0.15, 0.2) is 57.0 Å². The van der Waals surface area contributed by atoms with Crippen molar-refractivity contribution in [2.45, 2.75) is 31.7 Å². The van der Waals surface area contributed by atoms with Gasteiger partial charge in [0.25, 0.3) is 5.56 Å². The number of aliphatic hydroxyl groups excluding tert-OH is 1. The summed E-state index contributed by atoms with van der Waals surface area (Å²) in [5.74, 6) is -1.05. The minimum atomic E-state index is -5.03. The van der Waals surface area contributed by atoms with E-state index in [0.717, 1.165) is 14.7 Å². The molecule has 15 heteroatoms. The Morgan fingerprint density at radius 2 is 1.57 bits per heavy atom. The van der Waals surface area contributed by atoms with Crippen molar-refractivity contribution in [1.29, 1.82) is 0 Å². The van der Waals surface area contributed by atoms with Crippen LogP contribution in [-0.2, 0) is 43.5 Å². The number of fused-ring (bicyclic) bond motifs is 1. The van der Waals surface area contributed by atoms with Crippen LogP contribution in [-0.4, -0.2) is 40.0 Å². The van der Waals surface area contributed by atoms with Crippen LogP contribution in [0.25, 0.3) is 0 Å². The molecule has 226 valence electrons. The first-order valence-electron chi connectivity index (χ1n) is 12.5. The van der Waals surface area contributed by atoms with Crippen LogP contribution >= 0.6 is 11.6 Å². The summed E-state index contributed by atoms with van der Waals surface area (Å²) in [6, 6.07) is 7.77. The fourth-order valence-electron chi connectivity index (χ4n) is 4.50. The van der Waals surface area contributed by atoms with Gasteiger partial charge in [-0.3, -0.25) is 13.9 Å². The van der Waals surface area contributed by atoms with Crippen LogP contribution in [0.1, 0.15) is 22.3 Å². The molecule has 8 nitrogen and oxygen atoms in total. The maximum absolute atomic E-state index is 13.2. The van der Waals surface area contributed by atoms with Crippen molar-refractivity contribution < 1.29 is 40.9 Å². The van der Waals surface area contributed by atoms with E-state index < -0.39 is 59.6 Å². The highest BCUT2D eigenvalue weighted by Gasteiger charge is 2.37. The third-order valence-electron chi connectivity index (χ3n) is 6.51. The normalized spacial score (nSPS) is 15.3. The Balaban J connectivity index is 1.60.